The van der Waals surface area contributed by atoms with E-state index in [9.17, 15) is 23.3 Å². The fourth-order valence-electron chi connectivity index (χ4n) is 3.17. The fourth-order valence-corrected chi connectivity index (χ4v) is 4.76. The van der Waals surface area contributed by atoms with E-state index in [1.54, 1.807) is 19.1 Å². The van der Waals surface area contributed by atoms with E-state index in [4.69, 9.17) is 16.3 Å². The molecule has 0 unspecified atom stereocenters. The van der Waals surface area contributed by atoms with E-state index in [1.807, 2.05) is 6.92 Å². The van der Waals surface area contributed by atoms with Crippen LogP contribution in [0.25, 0.3) is 0 Å². The Morgan fingerprint density at radius 2 is 1.76 bits per heavy atom. The number of carbonyl (C=O) groups excluding carboxylic acids is 1. The third-order valence-corrected chi connectivity index (χ3v) is 7.02. The zero-order chi connectivity index (χ0) is 25.0. The van der Waals surface area contributed by atoms with Gasteiger partial charge in [0.15, 0.2) is 0 Å². The van der Waals surface area contributed by atoms with Crippen LogP contribution in [-0.2, 0) is 14.8 Å². The second-order valence-corrected chi connectivity index (χ2v) is 9.74. The van der Waals surface area contributed by atoms with Crippen molar-refractivity contribution in [2.24, 2.45) is 0 Å². The molecule has 0 aliphatic carbocycles. The first-order valence-electron chi connectivity index (χ1n) is 10.0. The maximum Gasteiger partial charge on any atom is 0.271 e. The predicted molar refractivity (Wildman–Crippen MR) is 130 cm³/mol. The van der Waals surface area contributed by atoms with E-state index in [2.05, 4.69) is 5.32 Å². The van der Waals surface area contributed by atoms with Gasteiger partial charge in [-0.2, -0.15) is 0 Å². The first-order valence-corrected chi connectivity index (χ1v) is 11.8. The van der Waals surface area contributed by atoms with Crippen molar-refractivity contribution in [2.45, 2.75) is 18.7 Å². The highest BCUT2D eigenvalue weighted by Crippen LogP contribution is 2.35. The average molecular weight is 504 g/mol. The summed E-state index contributed by atoms with van der Waals surface area (Å²) >= 11 is 6.13. The van der Waals surface area contributed by atoms with E-state index in [-0.39, 0.29) is 32.7 Å². The van der Waals surface area contributed by atoms with Gasteiger partial charge >= 0.3 is 0 Å². The van der Waals surface area contributed by atoms with Crippen molar-refractivity contribution in [3.8, 4) is 5.75 Å². The summed E-state index contributed by atoms with van der Waals surface area (Å²) < 4.78 is 33.4. The minimum atomic E-state index is -4.21. The third kappa shape index (κ3) is 5.46. The topological polar surface area (TPSA) is 119 Å². The van der Waals surface area contributed by atoms with Crippen LogP contribution in [0.1, 0.15) is 11.1 Å². The molecule has 3 rings (SSSR count). The molecule has 0 fully saturated rings. The highest BCUT2D eigenvalue weighted by atomic mass is 35.5. The zero-order valence-electron chi connectivity index (χ0n) is 18.6. The molecule has 178 valence electrons. The van der Waals surface area contributed by atoms with Crippen molar-refractivity contribution in [1.29, 1.82) is 0 Å². The first kappa shape index (κ1) is 25.0. The maximum atomic E-state index is 13.6. The van der Waals surface area contributed by atoms with Crippen LogP contribution in [0.4, 0.5) is 17.1 Å². The van der Waals surface area contributed by atoms with Gasteiger partial charge in [-0.3, -0.25) is 19.2 Å². The Labute approximate surface area is 202 Å². The van der Waals surface area contributed by atoms with Gasteiger partial charge < -0.3 is 10.1 Å². The van der Waals surface area contributed by atoms with Crippen LogP contribution >= 0.6 is 11.6 Å². The molecule has 9 nitrogen and oxygen atoms in total. The minimum Gasteiger partial charge on any atom is -0.495 e. The lowest BCUT2D eigenvalue weighted by Gasteiger charge is -2.26. The molecule has 34 heavy (non-hydrogen) atoms. The van der Waals surface area contributed by atoms with Gasteiger partial charge in [-0.05, 0) is 49.7 Å². The number of carbonyl (C=O) groups is 1. The molecule has 0 spiro atoms. The van der Waals surface area contributed by atoms with Gasteiger partial charge in [-0.1, -0.05) is 35.4 Å². The summed E-state index contributed by atoms with van der Waals surface area (Å²) in [6.45, 7) is 2.86. The van der Waals surface area contributed by atoms with Crippen LogP contribution in [0.2, 0.25) is 5.02 Å². The number of benzene rings is 3. The molecule has 0 saturated carbocycles. The second-order valence-electron chi connectivity index (χ2n) is 7.45. The number of rotatable bonds is 8. The summed E-state index contributed by atoms with van der Waals surface area (Å²) in [6.07, 6.45) is 0. The van der Waals surface area contributed by atoms with E-state index in [0.29, 0.717) is 5.56 Å². The van der Waals surface area contributed by atoms with Crippen LogP contribution < -0.4 is 14.4 Å². The quantitative estimate of drug-likeness (QED) is 0.351. The number of anilines is 2. The lowest BCUT2D eigenvalue weighted by Crippen LogP contribution is -2.38. The van der Waals surface area contributed by atoms with E-state index < -0.39 is 27.4 Å². The highest BCUT2D eigenvalue weighted by Gasteiger charge is 2.30. The Hall–Kier alpha value is -3.63. The van der Waals surface area contributed by atoms with Crippen LogP contribution in [0, 0.1) is 24.0 Å². The zero-order valence-corrected chi connectivity index (χ0v) is 20.2. The Bertz CT molecular complexity index is 1340. The molecule has 1 amide bonds. The number of nitro groups is 1. The van der Waals surface area contributed by atoms with Crippen LogP contribution in [-0.4, -0.2) is 32.9 Å². The number of nitrogens with one attached hydrogen (secondary N) is 1. The standard InChI is InChI=1S/C23H22ClN3O6S/c1-15-4-9-19(10-5-15)34(31,32)26(21-12-17(24)7-11-22(21)33-3)14-23(28)25-20-13-18(27(29)30)8-6-16(20)2/h4-13H,14H2,1-3H3,(H,25,28). The molecule has 0 radical (unpaired) electrons. The molecule has 0 aliphatic rings. The maximum absolute atomic E-state index is 13.6. The van der Waals surface area contributed by atoms with Crippen LogP contribution in [0.15, 0.2) is 65.6 Å². The third-order valence-electron chi connectivity index (χ3n) is 5.01. The normalized spacial score (nSPS) is 11.1. The Morgan fingerprint density at radius 3 is 2.38 bits per heavy atom. The highest BCUT2D eigenvalue weighted by molar-refractivity contribution is 7.92. The smallest absolute Gasteiger partial charge is 0.271 e. The summed E-state index contributed by atoms with van der Waals surface area (Å²) in [5, 5.41) is 13.9. The summed E-state index contributed by atoms with van der Waals surface area (Å²) in [6, 6.07) is 14.6. The van der Waals surface area contributed by atoms with E-state index in [1.165, 1.54) is 55.6 Å². The number of nitrogens with zero attached hydrogens (tertiary/aromatic N) is 2. The van der Waals surface area contributed by atoms with Gasteiger partial charge in [0, 0.05) is 17.2 Å². The summed E-state index contributed by atoms with van der Waals surface area (Å²) in [7, 11) is -2.84. The number of aryl methyl sites for hydroxylation is 2. The largest absolute Gasteiger partial charge is 0.495 e. The predicted octanol–water partition coefficient (Wildman–Crippen LogP) is 4.71. The molecule has 1 N–H and O–H groups in total. The van der Waals surface area contributed by atoms with Gasteiger partial charge in [0.25, 0.3) is 15.7 Å². The van der Waals surface area contributed by atoms with Gasteiger partial charge in [-0.15, -0.1) is 0 Å². The summed E-state index contributed by atoms with van der Waals surface area (Å²) in [4.78, 5) is 23.5. The van der Waals surface area contributed by atoms with Crippen LogP contribution in [0.3, 0.4) is 0 Å². The van der Waals surface area contributed by atoms with Gasteiger partial charge in [0.1, 0.15) is 12.3 Å². The van der Waals surface area contributed by atoms with Crippen molar-refractivity contribution in [1.82, 2.24) is 0 Å². The van der Waals surface area contributed by atoms with E-state index in [0.717, 1.165) is 9.87 Å². The molecule has 0 atom stereocenters. The van der Waals surface area contributed by atoms with Gasteiger partial charge in [0.05, 0.1) is 28.3 Å². The molecule has 0 bridgehead atoms. The lowest BCUT2D eigenvalue weighted by molar-refractivity contribution is -0.384. The Balaban J connectivity index is 2.04. The molecule has 0 heterocycles. The number of non-ortho nitro benzene ring substituents is 1. The number of nitro benzene ring substituents is 1. The molecular weight excluding hydrogens is 482 g/mol. The fraction of sp³-hybridized carbons (Fsp3) is 0.174. The molecule has 3 aromatic rings. The number of hydrogen-bond acceptors (Lipinski definition) is 6. The number of amides is 1. The second kappa shape index (κ2) is 10.1. The summed E-state index contributed by atoms with van der Waals surface area (Å²) in [5.41, 5.74) is 1.50. The molecule has 0 saturated heterocycles. The molecule has 11 heteroatoms. The van der Waals surface area contributed by atoms with Crippen molar-refractivity contribution in [3.63, 3.8) is 0 Å². The minimum absolute atomic E-state index is 0.0283. The average Bonchev–Trinajstić information content (AvgIpc) is 2.79. The van der Waals surface area contributed by atoms with Gasteiger partial charge in [0.2, 0.25) is 5.91 Å². The monoisotopic (exact) mass is 503 g/mol. The number of ether oxygens (including phenoxy) is 1. The van der Waals surface area contributed by atoms with Crippen molar-refractivity contribution in [3.05, 3.63) is 86.9 Å². The SMILES string of the molecule is COc1ccc(Cl)cc1N(CC(=O)Nc1cc([N+](=O)[O-])ccc1C)S(=O)(=O)c1ccc(C)cc1. The molecule has 0 aromatic heterocycles. The Morgan fingerprint density at radius 1 is 1.09 bits per heavy atom. The molecule has 0 aliphatic heterocycles. The number of sulfonamides is 1. The van der Waals surface area contributed by atoms with Crippen molar-refractivity contribution in [2.75, 3.05) is 23.3 Å². The first-order chi connectivity index (χ1) is 16.0. The number of hydrogen-bond donors (Lipinski definition) is 1. The van der Waals surface area contributed by atoms with Gasteiger partial charge in [-0.25, -0.2) is 8.42 Å². The van der Waals surface area contributed by atoms with Crippen molar-refractivity contribution < 1.29 is 22.9 Å². The molecular formula is C23H22ClN3O6S. The van der Waals surface area contributed by atoms with Crippen LogP contribution in [0.5, 0.6) is 5.75 Å². The van der Waals surface area contributed by atoms with E-state index >= 15 is 0 Å². The van der Waals surface area contributed by atoms with Crippen molar-refractivity contribution >= 4 is 44.6 Å². The number of halogens is 1. The number of methoxy groups -OCH3 is 1. The summed E-state index contributed by atoms with van der Waals surface area (Å²) in [5.74, 6) is -0.513. The Kier molecular flexibility index (Phi) is 7.43. The molecule has 3 aromatic carbocycles. The lowest BCUT2D eigenvalue weighted by atomic mass is 10.2.